The molecule has 180 valence electrons. The molecule has 0 aliphatic carbocycles. The summed E-state index contributed by atoms with van der Waals surface area (Å²) in [6, 6.07) is 3.76. The number of nitrogens with zero attached hydrogens (tertiary/aromatic N) is 6. The third-order valence-corrected chi connectivity index (χ3v) is 6.09. The van der Waals surface area contributed by atoms with Crippen molar-refractivity contribution in [2.45, 2.75) is 25.7 Å². The first-order valence-corrected chi connectivity index (χ1v) is 11.4. The second-order valence-electron chi connectivity index (χ2n) is 8.80. The summed E-state index contributed by atoms with van der Waals surface area (Å²) >= 11 is 0. The lowest BCUT2D eigenvalue weighted by molar-refractivity contribution is -0.141. The molecule has 2 fully saturated rings. The van der Waals surface area contributed by atoms with E-state index in [4.69, 9.17) is 4.74 Å². The fourth-order valence-corrected chi connectivity index (χ4v) is 4.40. The van der Waals surface area contributed by atoms with Crippen LogP contribution in [-0.2, 0) is 39.3 Å². The van der Waals surface area contributed by atoms with Crippen LogP contribution in [0.1, 0.15) is 17.5 Å². The summed E-state index contributed by atoms with van der Waals surface area (Å²) < 4.78 is 7.85. The molecule has 2 saturated heterocycles. The first-order chi connectivity index (χ1) is 16.4. The van der Waals surface area contributed by atoms with E-state index in [1.54, 1.807) is 44.0 Å². The maximum atomic E-state index is 13.4. The van der Waals surface area contributed by atoms with Gasteiger partial charge in [-0.25, -0.2) is 0 Å². The van der Waals surface area contributed by atoms with E-state index in [0.717, 1.165) is 11.1 Å². The second kappa shape index (κ2) is 10.6. The summed E-state index contributed by atoms with van der Waals surface area (Å²) in [6.45, 7) is 5.73. The quantitative estimate of drug-likeness (QED) is 0.529. The molecule has 10 heteroatoms. The van der Waals surface area contributed by atoms with E-state index in [9.17, 15) is 14.4 Å². The van der Waals surface area contributed by atoms with Gasteiger partial charge in [0.1, 0.15) is 0 Å². The Morgan fingerprint density at radius 1 is 1.18 bits per heavy atom. The molecular formula is C24H30N6O4. The molecule has 0 radical (unpaired) electrons. The molecule has 2 aliphatic rings. The number of aromatic nitrogens is 3. The molecule has 2 aromatic rings. The highest BCUT2D eigenvalue weighted by Gasteiger charge is 2.39. The van der Waals surface area contributed by atoms with Gasteiger partial charge in [0.15, 0.2) is 0 Å². The number of rotatable bonds is 8. The average molecular weight is 467 g/mol. The van der Waals surface area contributed by atoms with Gasteiger partial charge in [0.05, 0.1) is 31.4 Å². The minimum absolute atomic E-state index is 0.0437. The zero-order valence-electron chi connectivity index (χ0n) is 19.4. The highest BCUT2D eigenvalue weighted by Crippen LogP contribution is 2.22. The van der Waals surface area contributed by atoms with Crippen molar-refractivity contribution in [3.63, 3.8) is 0 Å². The van der Waals surface area contributed by atoms with Gasteiger partial charge in [0.25, 0.3) is 0 Å². The average Bonchev–Trinajstić information content (AvgIpc) is 3.36. The molecule has 2 aromatic heterocycles. The van der Waals surface area contributed by atoms with Crippen molar-refractivity contribution in [1.82, 2.24) is 29.5 Å². The molecule has 0 bridgehead atoms. The number of pyridine rings is 1. The van der Waals surface area contributed by atoms with Crippen molar-refractivity contribution in [2.24, 2.45) is 13.0 Å². The van der Waals surface area contributed by atoms with E-state index in [1.807, 2.05) is 25.4 Å². The van der Waals surface area contributed by atoms with E-state index in [1.165, 1.54) is 0 Å². The molecule has 34 heavy (non-hydrogen) atoms. The lowest BCUT2D eigenvalue weighted by atomic mass is 10.1. The third-order valence-electron chi connectivity index (χ3n) is 6.09. The third kappa shape index (κ3) is 5.69. The van der Waals surface area contributed by atoms with Gasteiger partial charge in [0.2, 0.25) is 17.7 Å². The topological polar surface area (TPSA) is 101 Å². The van der Waals surface area contributed by atoms with Gasteiger partial charge in [-0.15, -0.1) is 6.58 Å². The molecule has 0 aromatic carbocycles. The lowest BCUT2D eigenvalue weighted by Gasteiger charge is -2.26. The summed E-state index contributed by atoms with van der Waals surface area (Å²) in [4.78, 5) is 47.8. The maximum Gasteiger partial charge on any atom is 0.242 e. The van der Waals surface area contributed by atoms with Crippen molar-refractivity contribution >= 4 is 17.7 Å². The predicted molar refractivity (Wildman–Crippen MR) is 123 cm³/mol. The minimum atomic E-state index is -0.468. The van der Waals surface area contributed by atoms with E-state index >= 15 is 0 Å². The van der Waals surface area contributed by atoms with Gasteiger partial charge in [-0.1, -0.05) is 12.1 Å². The summed E-state index contributed by atoms with van der Waals surface area (Å²) in [5.74, 6) is -0.880. The smallest absolute Gasteiger partial charge is 0.242 e. The van der Waals surface area contributed by atoms with E-state index in [2.05, 4.69) is 16.7 Å². The summed E-state index contributed by atoms with van der Waals surface area (Å²) in [5, 5.41) is 4.18. The van der Waals surface area contributed by atoms with Gasteiger partial charge in [-0.05, 0) is 11.6 Å². The fourth-order valence-electron chi connectivity index (χ4n) is 4.40. The molecule has 3 amide bonds. The SMILES string of the molecule is C=CCN1CC(C(=O)N2CC(=O)N(Cc3cnn(C)c3)CC(OCc3cccnc3)C2)CC1=O. The van der Waals surface area contributed by atoms with Crippen LogP contribution in [0.15, 0.2) is 49.6 Å². The largest absolute Gasteiger partial charge is 0.370 e. The number of hydrogen-bond donors (Lipinski definition) is 0. The predicted octanol–water partition coefficient (Wildman–Crippen LogP) is 0.606. The Morgan fingerprint density at radius 3 is 2.74 bits per heavy atom. The highest BCUT2D eigenvalue weighted by molar-refractivity contribution is 5.91. The van der Waals surface area contributed by atoms with Gasteiger partial charge in [-0.2, -0.15) is 5.10 Å². The van der Waals surface area contributed by atoms with Gasteiger partial charge in [-0.3, -0.25) is 24.0 Å². The first kappa shape index (κ1) is 23.6. The standard InChI is InChI=1S/C24H30N6O4/c1-3-7-28-13-20(8-22(28)31)24(33)30-15-21(34-17-18-5-4-6-25-9-18)14-29(23(32)16-30)12-19-10-26-27(2)11-19/h3-6,9-11,20-21H,1,7-8,12-17H2,2H3. The fraction of sp³-hybridized carbons (Fsp3) is 0.458. The molecule has 0 saturated carbocycles. The molecule has 4 heterocycles. The van der Waals surface area contributed by atoms with Crippen LogP contribution in [0, 0.1) is 5.92 Å². The van der Waals surface area contributed by atoms with Crippen molar-refractivity contribution < 1.29 is 19.1 Å². The highest BCUT2D eigenvalue weighted by atomic mass is 16.5. The molecule has 10 nitrogen and oxygen atoms in total. The van der Waals surface area contributed by atoms with E-state index in [0.29, 0.717) is 32.8 Å². The Hall–Kier alpha value is -3.53. The van der Waals surface area contributed by atoms with Crippen molar-refractivity contribution in [2.75, 3.05) is 32.7 Å². The van der Waals surface area contributed by atoms with Crippen molar-refractivity contribution in [3.8, 4) is 0 Å². The molecule has 2 atom stereocenters. The van der Waals surface area contributed by atoms with Crippen LogP contribution in [-0.4, -0.2) is 86.0 Å². The van der Waals surface area contributed by atoms with Crippen LogP contribution in [0.2, 0.25) is 0 Å². The van der Waals surface area contributed by atoms with Gasteiger partial charge >= 0.3 is 0 Å². The molecule has 2 aliphatic heterocycles. The Kier molecular flexibility index (Phi) is 7.36. The van der Waals surface area contributed by atoms with E-state index in [-0.39, 0.29) is 43.3 Å². The van der Waals surface area contributed by atoms with Crippen LogP contribution in [0.3, 0.4) is 0 Å². The molecule has 0 N–H and O–H groups in total. The van der Waals surface area contributed by atoms with Crippen molar-refractivity contribution in [1.29, 1.82) is 0 Å². The van der Waals surface area contributed by atoms with E-state index < -0.39 is 5.92 Å². The molecule has 0 spiro atoms. The summed E-state index contributed by atoms with van der Waals surface area (Å²) in [7, 11) is 1.83. The Labute approximate surface area is 198 Å². The minimum Gasteiger partial charge on any atom is -0.370 e. The van der Waals surface area contributed by atoms with Crippen molar-refractivity contribution in [3.05, 3.63) is 60.7 Å². The zero-order valence-corrected chi connectivity index (χ0v) is 19.4. The summed E-state index contributed by atoms with van der Waals surface area (Å²) in [6.07, 6.45) is 8.44. The number of ether oxygens (including phenoxy) is 1. The monoisotopic (exact) mass is 466 g/mol. The Balaban J connectivity index is 1.49. The van der Waals surface area contributed by atoms with Gasteiger partial charge < -0.3 is 19.4 Å². The number of aryl methyl sites for hydroxylation is 1. The van der Waals surface area contributed by atoms with Crippen LogP contribution >= 0.6 is 0 Å². The first-order valence-electron chi connectivity index (χ1n) is 11.4. The maximum absolute atomic E-state index is 13.4. The number of hydrogen-bond acceptors (Lipinski definition) is 6. The molecule has 2 unspecified atom stereocenters. The van der Waals surface area contributed by atoms with Crippen LogP contribution in [0.5, 0.6) is 0 Å². The van der Waals surface area contributed by atoms with Crippen LogP contribution < -0.4 is 0 Å². The molecule has 4 rings (SSSR count). The van der Waals surface area contributed by atoms with Gasteiger partial charge in [0, 0.05) is 70.3 Å². The number of amides is 3. The summed E-state index contributed by atoms with van der Waals surface area (Å²) in [5.41, 5.74) is 1.82. The van der Waals surface area contributed by atoms with Crippen LogP contribution in [0.4, 0.5) is 0 Å². The Morgan fingerprint density at radius 2 is 2.03 bits per heavy atom. The number of carbonyl (C=O) groups is 3. The van der Waals surface area contributed by atoms with Crippen LogP contribution in [0.25, 0.3) is 0 Å². The number of likely N-dealkylation sites (tertiary alicyclic amines) is 1. The zero-order chi connectivity index (χ0) is 24.1. The molecular weight excluding hydrogens is 436 g/mol. The normalized spacial score (nSPS) is 21.1. The Bertz CT molecular complexity index is 1040. The number of carbonyl (C=O) groups excluding carboxylic acids is 3. The lowest BCUT2D eigenvalue weighted by Crippen LogP contribution is -2.43. The second-order valence-corrected chi connectivity index (χ2v) is 8.80.